The monoisotopic (exact) mass is 190 g/mol. The van der Waals surface area contributed by atoms with Crippen LogP contribution >= 0.6 is 11.8 Å². The van der Waals surface area contributed by atoms with E-state index >= 15 is 0 Å². The molecule has 1 atom stereocenters. The molecule has 1 aliphatic heterocycles. The molecular weight excluding hydrogens is 180 g/mol. The zero-order valence-corrected chi connectivity index (χ0v) is 8.17. The SMILES string of the molecule is CC(=O)C1C=Cc2ccccc2S1. The maximum absolute atomic E-state index is 11.1. The van der Waals surface area contributed by atoms with Gasteiger partial charge in [-0.3, -0.25) is 4.79 Å². The van der Waals surface area contributed by atoms with Crippen LogP contribution in [0, 0.1) is 0 Å². The molecule has 1 nitrogen and oxygen atoms in total. The Bertz CT molecular complexity index is 368. The van der Waals surface area contributed by atoms with E-state index < -0.39 is 0 Å². The number of Topliss-reactive ketones (excluding diaryl/α,β-unsaturated/α-hetero) is 1. The summed E-state index contributed by atoms with van der Waals surface area (Å²) in [6.45, 7) is 1.63. The largest absolute Gasteiger partial charge is 0.298 e. The van der Waals surface area contributed by atoms with Gasteiger partial charge in [-0.1, -0.05) is 30.4 Å². The van der Waals surface area contributed by atoms with Gasteiger partial charge in [0.1, 0.15) is 5.78 Å². The number of rotatable bonds is 1. The highest BCUT2D eigenvalue weighted by molar-refractivity contribution is 8.01. The fraction of sp³-hybridized carbons (Fsp3) is 0.182. The van der Waals surface area contributed by atoms with Crippen molar-refractivity contribution in [1.29, 1.82) is 0 Å². The second kappa shape index (κ2) is 3.38. The van der Waals surface area contributed by atoms with E-state index in [1.54, 1.807) is 18.7 Å². The second-order valence-electron chi connectivity index (χ2n) is 3.05. The third-order valence-electron chi connectivity index (χ3n) is 2.02. The van der Waals surface area contributed by atoms with Crippen LogP contribution in [0.2, 0.25) is 0 Å². The quantitative estimate of drug-likeness (QED) is 0.677. The van der Waals surface area contributed by atoms with E-state index in [4.69, 9.17) is 0 Å². The summed E-state index contributed by atoms with van der Waals surface area (Å²) in [7, 11) is 0. The first-order chi connectivity index (χ1) is 6.27. The molecule has 0 aromatic heterocycles. The zero-order chi connectivity index (χ0) is 9.26. The Morgan fingerprint density at radius 2 is 2.15 bits per heavy atom. The minimum absolute atomic E-state index is 0.00917. The molecule has 1 aromatic carbocycles. The van der Waals surface area contributed by atoms with Gasteiger partial charge in [0, 0.05) is 4.90 Å². The van der Waals surface area contributed by atoms with Gasteiger partial charge in [-0.15, -0.1) is 11.8 Å². The smallest absolute Gasteiger partial charge is 0.146 e. The summed E-state index contributed by atoms with van der Waals surface area (Å²) in [5.41, 5.74) is 1.21. The van der Waals surface area contributed by atoms with Crippen molar-refractivity contribution < 1.29 is 4.79 Å². The summed E-state index contributed by atoms with van der Waals surface area (Å²) in [6.07, 6.45) is 3.99. The minimum atomic E-state index is 0.00917. The topological polar surface area (TPSA) is 17.1 Å². The van der Waals surface area contributed by atoms with E-state index in [1.165, 1.54) is 10.5 Å². The maximum atomic E-state index is 11.1. The fourth-order valence-corrected chi connectivity index (χ4v) is 2.34. The van der Waals surface area contributed by atoms with Crippen molar-refractivity contribution in [2.45, 2.75) is 17.1 Å². The van der Waals surface area contributed by atoms with E-state index in [9.17, 15) is 4.79 Å². The third-order valence-corrected chi connectivity index (χ3v) is 3.39. The Balaban J connectivity index is 2.34. The van der Waals surface area contributed by atoms with Crippen molar-refractivity contribution in [2.75, 3.05) is 0 Å². The van der Waals surface area contributed by atoms with Crippen LogP contribution in [-0.2, 0) is 4.79 Å². The molecule has 13 heavy (non-hydrogen) atoms. The third kappa shape index (κ3) is 1.68. The lowest BCUT2D eigenvalue weighted by Crippen LogP contribution is -2.12. The standard InChI is InChI=1S/C11H10OS/c1-8(12)10-7-6-9-4-2-3-5-11(9)13-10/h2-7,10H,1H3. The molecule has 0 amide bonds. The number of hydrogen-bond acceptors (Lipinski definition) is 2. The van der Waals surface area contributed by atoms with Crippen LogP contribution < -0.4 is 0 Å². The normalized spacial score (nSPS) is 19.6. The van der Waals surface area contributed by atoms with Crippen LogP contribution in [-0.4, -0.2) is 11.0 Å². The van der Waals surface area contributed by atoms with Gasteiger partial charge in [0.25, 0.3) is 0 Å². The molecule has 1 aromatic rings. The molecule has 0 saturated heterocycles. The Kier molecular flexibility index (Phi) is 2.23. The molecule has 66 valence electrons. The molecule has 1 heterocycles. The predicted molar refractivity (Wildman–Crippen MR) is 55.8 cm³/mol. The molecule has 1 aliphatic rings. The van der Waals surface area contributed by atoms with Crippen LogP contribution in [0.4, 0.5) is 0 Å². The van der Waals surface area contributed by atoms with Crippen LogP contribution in [0.3, 0.4) is 0 Å². The molecule has 0 saturated carbocycles. The summed E-state index contributed by atoms with van der Waals surface area (Å²) in [4.78, 5) is 12.3. The number of hydrogen-bond donors (Lipinski definition) is 0. The van der Waals surface area contributed by atoms with Crippen molar-refractivity contribution in [1.82, 2.24) is 0 Å². The number of carbonyl (C=O) groups is 1. The highest BCUT2D eigenvalue weighted by atomic mass is 32.2. The summed E-state index contributed by atoms with van der Waals surface area (Å²) in [5, 5.41) is 0.00917. The molecule has 1 unspecified atom stereocenters. The van der Waals surface area contributed by atoms with Crippen molar-refractivity contribution >= 4 is 23.6 Å². The summed E-state index contributed by atoms with van der Waals surface area (Å²) in [5.74, 6) is 0.218. The number of ketones is 1. The van der Waals surface area contributed by atoms with Crippen molar-refractivity contribution in [3.8, 4) is 0 Å². The van der Waals surface area contributed by atoms with E-state index in [2.05, 4.69) is 12.1 Å². The lowest BCUT2D eigenvalue weighted by molar-refractivity contribution is -0.115. The van der Waals surface area contributed by atoms with E-state index in [-0.39, 0.29) is 11.0 Å². The minimum Gasteiger partial charge on any atom is -0.298 e. The number of benzene rings is 1. The molecular formula is C11H10OS. The van der Waals surface area contributed by atoms with Crippen molar-refractivity contribution in [3.05, 3.63) is 35.9 Å². The molecule has 0 spiro atoms. The van der Waals surface area contributed by atoms with E-state index in [1.807, 2.05) is 24.3 Å². The predicted octanol–water partition coefficient (Wildman–Crippen LogP) is 2.76. The van der Waals surface area contributed by atoms with Gasteiger partial charge in [-0.25, -0.2) is 0 Å². The Morgan fingerprint density at radius 1 is 1.38 bits per heavy atom. The van der Waals surface area contributed by atoms with Gasteiger partial charge in [0.15, 0.2) is 0 Å². The highest BCUT2D eigenvalue weighted by Crippen LogP contribution is 2.33. The molecule has 0 aliphatic carbocycles. The number of carbonyl (C=O) groups excluding carboxylic acids is 1. The zero-order valence-electron chi connectivity index (χ0n) is 7.36. The highest BCUT2D eigenvalue weighted by Gasteiger charge is 2.17. The summed E-state index contributed by atoms with van der Waals surface area (Å²) < 4.78 is 0. The first kappa shape index (κ1) is 8.57. The maximum Gasteiger partial charge on any atom is 0.146 e. The van der Waals surface area contributed by atoms with Gasteiger partial charge >= 0.3 is 0 Å². The van der Waals surface area contributed by atoms with E-state index in [0.717, 1.165) is 0 Å². The molecule has 2 heteroatoms. The van der Waals surface area contributed by atoms with E-state index in [0.29, 0.717) is 0 Å². The molecule has 2 rings (SSSR count). The van der Waals surface area contributed by atoms with Crippen LogP contribution in [0.1, 0.15) is 12.5 Å². The molecule has 0 bridgehead atoms. The van der Waals surface area contributed by atoms with Crippen molar-refractivity contribution in [3.63, 3.8) is 0 Å². The molecule has 0 fully saturated rings. The lowest BCUT2D eigenvalue weighted by Gasteiger charge is -2.15. The van der Waals surface area contributed by atoms with Crippen LogP contribution in [0.15, 0.2) is 35.2 Å². The Hall–Kier alpha value is -1.02. The van der Waals surface area contributed by atoms with Crippen LogP contribution in [0.5, 0.6) is 0 Å². The fourth-order valence-electron chi connectivity index (χ4n) is 1.31. The van der Waals surface area contributed by atoms with Gasteiger partial charge in [-0.05, 0) is 18.6 Å². The van der Waals surface area contributed by atoms with Gasteiger partial charge in [0.2, 0.25) is 0 Å². The average molecular weight is 190 g/mol. The Morgan fingerprint density at radius 3 is 2.92 bits per heavy atom. The van der Waals surface area contributed by atoms with Gasteiger partial charge < -0.3 is 0 Å². The second-order valence-corrected chi connectivity index (χ2v) is 4.23. The average Bonchev–Trinajstić information content (AvgIpc) is 2.17. The number of thioether (sulfide) groups is 1. The molecule has 0 N–H and O–H groups in total. The molecule has 0 radical (unpaired) electrons. The number of fused-ring (bicyclic) bond motifs is 1. The summed E-state index contributed by atoms with van der Waals surface area (Å²) in [6, 6.07) is 8.13. The first-order valence-electron chi connectivity index (χ1n) is 4.22. The van der Waals surface area contributed by atoms with Gasteiger partial charge in [-0.2, -0.15) is 0 Å². The lowest BCUT2D eigenvalue weighted by atomic mass is 10.1. The van der Waals surface area contributed by atoms with Crippen LogP contribution in [0.25, 0.3) is 6.08 Å². The van der Waals surface area contributed by atoms with Crippen molar-refractivity contribution in [2.24, 2.45) is 0 Å². The first-order valence-corrected chi connectivity index (χ1v) is 5.09. The summed E-state index contributed by atoms with van der Waals surface area (Å²) >= 11 is 1.63. The van der Waals surface area contributed by atoms with Gasteiger partial charge in [0.05, 0.1) is 5.25 Å². The Labute approximate surface area is 81.8 Å².